The Morgan fingerprint density at radius 2 is 2.00 bits per heavy atom. The van der Waals surface area contributed by atoms with Crippen molar-refractivity contribution >= 4 is 6.29 Å². The minimum absolute atomic E-state index is 0.338. The first-order valence-corrected chi connectivity index (χ1v) is 4.24. The second-order valence-corrected chi connectivity index (χ2v) is 3.04. The molecule has 0 amide bonds. The molecule has 0 bridgehead atoms. The summed E-state index contributed by atoms with van der Waals surface area (Å²) < 4.78 is 1.57. The molecule has 0 unspecified atom stereocenters. The van der Waals surface area contributed by atoms with Crippen LogP contribution in [0.4, 0.5) is 0 Å². The van der Waals surface area contributed by atoms with Crippen molar-refractivity contribution in [3.63, 3.8) is 0 Å². The monoisotopic (exact) mass is 187 g/mol. The quantitative estimate of drug-likeness (QED) is 0.667. The van der Waals surface area contributed by atoms with E-state index in [1.807, 2.05) is 31.2 Å². The van der Waals surface area contributed by atoms with Crippen molar-refractivity contribution in [2.24, 2.45) is 0 Å². The minimum atomic E-state index is 0.338. The maximum absolute atomic E-state index is 10.4. The van der Waals surface area contributed by atoms with Gasteiger partial charge in [-0.3, -0.25) is 4.79 Å². The van der Waals surface area contributed by atoms with E-state index >= 15 is 0 Å². The Hall–Kier alpha value is -1.97. The van der Waals surface area contributed by atoms with Crippen LogP contribution in [0.3, 0.4) is 0 Å². The molecule has 0 radical (unpaired) electrons. The van der Waals surface area contributed by atoms with Crippen LogP contribution in [0.2, 0.25) is 0 Å². The predicted octanol–water partition coefficient (Wildman–Crippen LogP) is 1.39. The molecular formula is C10H9N3O. The second-order valence-electron chi connectivity index (χ2n) is 3.04. The highest BCUT2D eigenvalue weighted by Gasteiger charge is 2.00. The molecule has 1 aromatic heterocycles. The van der Waals surface area contributed by atoms with E-state index in [-0.39, 0.29) is 0 Å². The van der Waals surface area contributed by atoms with Gasteiger partial charge in [0.15, 0.2) is 6.29 Å². The van der Waals surface area contributed by atoms with Crippen molar-refractivity contribution in [3.8, 4) is 5.69 Å². The Bertz CT molecular complexity index is 445. The second kappa shape index (κ2) is 3.41. The summed E-state index contributed by atoms with van der Waals surface area (Å²) in [6, 6.07) is 7.83. The van der Waals surface area contributed by atoms with Crippen molar-refractivity contribution in [3.05, 3.63) is 41.7 Å². The number of hydrogen-bond donors (Lipinski definition) is 0. The molecule has 0 atom stereocenters. The van der Waals surface area contributed by atoms with Crippen molar-refractivity contribution in [1.82, 2.24) is 15.0 Å². The largest absolute Gasteiger partial charge is 0.296 e. The van der Waals surface area contributed by atoms with Gasteiger partial charge < -0.3 is 0 Å². The van der Waals surface area contributed by atoms with Crippen molar-refractivity contribution < 1.29 is 4.79 Å². The molecule has 1 aromatic carbocycles. The summed E-state index contributed by atoms with van der Waals surface area (Å²) in [7, 11) is 0. The van der Waals surface area contributed by atoms with E-state index in [1.54, 1.807) is 10.9 Å². The molecule has 0 aliphatic carbocycles. The smallest absolute Gasteiger partial charge is 0.171 e. The lowest BCUT2D eigenvalue weighted by Gasteiger charge is -1.98. The predicted molar refractivity (Wildman–Crippen MR) is 51.5 cm³/mol. The fourth-order valence-electron chi connectivity index (χ4n) is 1.15. The van der Waals surface area contributed by atoms with Gasteiger partial charge in [-0.15, -0.1) is 5.10 Å². The van der Waals surface area contributed by atoms with Gasteiger partial charge in [0.05, 0.1) is 11.9 Å². The maximum Gasteiger partial charge on any atom is 0.171 e. The van der Waals surface area contributed by atoms with Crippen LogP contribution in [0.15, 0.2) is 30.5 Å². The first kappa shape index (κ1) is 8.62. The van der Waals surface area contributed by atoms with Crippen molar-refractivity contribution in [2.45, 2.75) is 6.92 Å². The molecule has 2 rings (SSSR count). The molecule has 1 heterocycles. The molecule has 0 saturated heterocycles. The minimum Gasteiger partial charge on any atom is -0.296 e. The van der Waals surface area contributed by atoms with E-state index < -0.39 is 0 Å². The lowest BCUT2D eigenvalue weighted by Crippen LogP contribution is -1.94. The Labute approximate surface area is 81.2 Å². The summed E-state index contributed by atoms with van der Waals surface area (Å²) >= 11 is 0. The summed E-state index contributed by atoms with van der Waals surface area (Å²) in [5.74, 6) is 0. The first-order valence-electron chi connectivity index (χ1n) is 4.24. The molecule has 0 saturated carbocycles. The number of nitrogens with zero attached hydrogens (tertiary/aromatic N) is 3. The highest BCUT2D eigenvalue weighted by Crippen LogP contribution is 2.07. The lowest BCUT2D eigenvalue weighted by atomic mass is 10.2. The normalized spacial score (nSPS) is 10.1. The zero-order valence-electron chi connectivity index (χ0n) is 7.71. The summed E-state index contributed by atoms with van der Waals surface area (Å²) in [6.45, 7) is 2.02. The number of aryl methyl sites for hydroxylation is 1. The molecule has 0 N–H and O–H groups in total. The van der Waals surface area contributed by atoms with Gasteiger partial charge in [0, 0.05) is 0 Å². The zero-order valence-corrected chi connectivity index (χ0v) is 7.71. The third-order valence-electron chi connectivity index (χ3n) is 1.93. The van der Waals surface area contributed by atoms with E-state index in [0.717, 1.165) is 5.69 Å². The van der Waals surface area contributed by atoms with Crippen LogP contribution in [0.1, 0.15) is 16.1 Å². The van der Waals surface area contributed by atoms with Gasteiger partial charge in [-0.25, -0.2) is 4.68 Å². The summed E-state index contributed by atoms with van der Waals surface area (Å²) in [5.41, 5.74) is 2.42. The average Bonchev–Trinajstić information content (AvgIpc) is 2.67. The molecular weight excluding hydrogens is 178 g/mol. The van der Waals surface area contributed by atoms with Gasteiger partial charge in [-0.05, 0) is 19.1 Å². The van der Waals surface area contributed by atoms with Gasteiger partial charge in [-0.1, -0.05) is 22.9 Å². The third-order valence-corrected chi connectivity index (χ3v) is 1.93. The number of carbonyl (C=O) groups is 1. The van der Waals surface area contributed by atoms with Crippen LogP contribution in [-0.4, -0.2) is 21.3 Å². The van der Waals surface area contributed by atoms with E-state index in [4.69, 9.17) is 0 Å². The summed E-state index contributed by atoms with van der Waals surface area (Å²) in [6.07, 6.45) is 2.27. The number of benzene rings is 1. The third kappa shape index (κ3) is 1.54. The summed E-state index contributed by atoms with van der Waals surface area (Å²) in [4.78, 5) is 10.4. The van der Waals surface area contributed by atoms with Gasteiger partial charge in [-0.2, -0.15) is 0 Å². The molecule has 2 aromatic rings. The molecule has 0 aliphatic rings. The molecule has 4 heteroatoms. The summed E-state index contributed by atoms with van der Waals surface area (Å²) in [5, 5.41) is 7.50. The van der Waals surface area contributed by atoms with Crippen LogP contribution in [0.25, 0.3) is 5.69 Å². The Balaban J connectivity index is 2.39. The lowest BCUT2D eigenvalue weighted by molar-refractivity contribution is 0.111. The van der Waals surface area contributed by atoms with Crippen LogP contribution >= 0.6 is 0 Å². The van der Waals surface area contributed by atoms with Crippen molar-refractivity contribution in [2.75, 3.05) is 0 Å². The maximum atomic E-state index is 10.4. The number of rotatable bonds is 2. The van der Waals surface area contributed by atoms with E-state index in [1.165, 1.54) is 5.56 Å². The van der Waals surface area contributed by atoms with Crippen LogP contribution in [-0.2, 0) is 0 Å². The van der Waals surface area contributed by atoms with Gasteiger partial charge >= 0.3 is 0 Å². The molecule has 0 fully saturated rings. The Morgan fingerprint density at radius 1 is 1.29 bits per heavy atom. The number of carbonyl (C=O) groups excluding carboxylic acids is 1. The number of aldehydes is 1. The highest BCUT2D eigenvalue weighted by molar-refractivity contribution is 5.70. The Morgan fingerprint density at radius 3 is 2.57 bits per heavy atom. The van der Waals surface area contributed by atoms with Crippen LogP contribution in [0, 0.1) is 6.92 Å². The average molecular weight is 187 g/mol. The van der Waals surface area contributed by atoms with Gasteiger partial charge in [0.1, 0.15) is 5.69 Å². The highest BCUT2D eigenvalue weighted by atomic mass is 16.1. The van der Waals surface area contributed by atoms with E-state index in [0.29, 0.717) is 12.0 Å². The zero-order chi connectivity index (χ0) is 9.97. The molecule has 0 spiro atoms. The van der Waals surface area contributed by atoms with Gasteiger partial charge in [0.25, 0.3) is 0 Å². The molecule has 70 valence electrons. The van der Waals surface area contributed by atoms with Crippen LogP contribution in [0.5, 0.6) is 0 Å². The standard InChI is InChI=1S/C10H9N3O/c1-8-2-4-10(5-3-8)13-6-9(7-14)11-12-13/h2-7H,1H3. The number of hydrogen-bond acceptors (Lipinski definition) is 3. The molecule has 0 aliphatic heterocycles. The first-order chi connectivity index (χ1) is 6.79. The van der Waals surface area contributed by atoms with E-state index in [9.17, 15) is 4.79 Å². The fraction of sp³-hybridized carbons (Fsp3) is 0.100. The van der Waals surface area contributed by atoms with E-state index in [2.05, 4.69) is 10.3 Å². The van der Waals surface area contributed by atoms with Gasteiger partial charge in [0.2, 0.25) is 0 Å². The number of aromatic nitrogens is 3. The molecule has 4 nitrogen and oxygen atoms in total. The topological polar surface area (TPSA) is 47.8 Å². The molecule has 14 heavy (non-hydrogen) atoms. The van der Waals surface area contributed by atoms with Crippen LogP contribution < -0.4 is 0 Å². The van der Waals surface area contributed by atoms with Crippen molar-refractivity contribution in [1.29, 1.82) is 0 Å². The Kier molecular flexibility index (Phi) is 2.10. The SMILES string of the molecule is Cc1ccc(-n2cc(C=O)nn2)cc1. The fourth-order valence-corrected chi connectivity index (χ4v) is 1.15.